The van der Waals surface area contributed by atoms with Crippen molar-refractivity contribution in [3.05, 3.63) is 34.6 Å². The topological polar surface area (TPSA) is 69.6 Å². The Labute approximate surface area is 98.2 Å². The second-order valence-corrected chi connectivity index (χ2v) is 4.05. The second-order valence-electron chi connectivity index (χ2n) is 3.64. The fourth-order valence-electron chi connectivity index (χ4n) is 1.53. The number of hydrogen-bond acceptors (Lipinski definition) is 4. The molecule has 0 amide bonds. The quantitative estimate of drug-likeness (QED) is 0.862. The lowest BCUT2D eigenvalue weighted by Gasteiger charge is -2.10. The van der Waals surface area contributed by atoms with Crippen LogP contribution in [0.3, 0.4) is 0 Å². The predicted molar refractivity (Wildman–Crippen MR) is 61.5 cm³/mol. The van der Waals surface area contributed by atoms with E-state index in [1.54, 1.807) is 10.7 Å². The first-order valence-corrected chi connectivity index (χ1v) is 5.28. The summed E-state index contributed by atoms with van der Waals surface area (Å²) in [5.41, 5.74) is 7.57. The molecule has 1 aromatic carbocycles. The van der Waals surface area contributed by atoms with Gasteiger partial charge in [-0.2, -0.15) is 4.68 Å². The van der Waals surface area contributed by atoms with E-state index in [1.165, 1.54) is 0 Å². The Morgan fingerprint density at radius 3 is 2.81 bits per heavy atom. The maximum Gasteiger partial charge on any atom is 0.173 e. The SMILES string of the molecule is Cc1cccc(Cl)c1-n1nnnc1C(C)N. The summed E-state index contributed by atoms with van der Waals surface area (Å²) in [7, 11) is 0. The minimum Gasteiger partial charge on any atom is -0.321 e. The Morgan fingerprint density at radius 2 is 2.19 bits per heavy atom. The van der Waals surface area contributed by atoms with Crippen LogP contribution in [0.2, 0.25) is 5.02 Å². The lowest BCUT2D eigenvalue weighted by atomic mass is 10.2. The van der Waals surface area contributed by atoms with Crippen molar-refractivity contribution in [3.63, 3.8) is 0 Å². The number of nitrogens with zero attached hydrogens (tertiary/aromatic N) is 4. The number of tetrazole rings is 1. The molecule has 84 valence electrons. The van der Waals surface area contributed by atoms with Gasteiger partial charge >= 0.3 is 0 Å². The summed E-state index contributed by atoms with van der Waals surface area (Å²) in [6.45, 7) is 3.78. The van der Waals surface area contributed by atoms with Crippen molar-refractivity contribution in [3.8, 4) is 5.69 Å². The van der Waals surface area contributed by atoms with E-state index in [1.807, 2.05) is 26.0 Å². The van der Waals surface area contributed by atoms with Crippen LogP contribution in [-0.2, 0) is 0 Å². The van der Waals surface area contributed by atoms with Gasteiger partial charge in [-0.15, -0.1) is 5.10 Å². The first-order chi connectivity index (χ1) is 7.61. The molecular weight excluding hydrogens is 226 g/mol. The summed E-state index contributed by atoms with van der Waals surface area (Å²) in [6, 6.07) is 5.40. The third kappa shape index (κ3) is 1.79. The van der Waals surface area contributed by atoms with Crippen LogP contribution >= 0.6 is 11.6 Å². The van der Waals surface area contributed by atoms with E-state index in [9.17, 15) is 0 Å². The molecule has 1 atom stereocenters. The zero-order chi connectivity index (χ0) is 11.7. The van der Waals surface area contributed by atoms with Gasteiger partial charge in [0.1, 0.15) is 0 Å². The molecule has 0 aliphatic heterocycles. The third-order valence-corrected chi connectivity index (χ3v) is 2.61. The number of halogens is 1. The number of aromatic nitrogens is 4. The Bertz CT molecular complexity index is 485. The number of para-hydroxylation sites is 1. The number of aryl methyl sites for hydroxylation is 1. The third-order valence-electron chi connectivity index (χ3n) is 2.30. The maximum atomic E-state index is 6.14. The Kier molecular flexibility index (Phi) is 2.89. The summed E-state index contributed by atoms with van der Waals surface area (Å²) in [5, 5.41) is 12.0. The first-order valence-electron chi connectivity index (χ1n) is 4.90. The van der Waals surface area contributed by atoms with Crippen molar-refractivity contribution in [2.24, 2.45) is 5.73 Å². The molecule has 2 N–H and O–H groups in total. The van der Waals surface area contributed by atoms with Crippen LogP contribution in [0.25, 0.3) is 5.69 Å². The first kappa shape index (κ1) is 11.0. The molecule has 0 aliphatic carbocycles. The molecule has 0 saturated heterocycles. The van der Waals surface area contributed by atoms with E-state index in [0.29, 0.717) is 10.8 Å². The Hall–Kier alpha value is -1.46. The highest BCUT2D eigenvalue weighted by molar-refractivity contribution is 6.32. The predicted octanol–water partition coefficient (Wildman–Crippen LogP) is 1.64. The van der Waals surface area contributed by atoms with Gasteiger partial charge in [-0.25, -0.2) is 0 Å². The molecule has 6 heteroatoms. The summed E-state index contributed by atoms with van der Waals surface area (Å²) in [6.07, 6.45) is 0. The van der Waals surface area contributed by atoms with Gasteiger partial charge in [0.15, 0.2) is 5.82 Å². The maximum absolute atomic E-state index is 6.14. The Balaban J connectivity index is 2.63. The van der Waals surface area contributed by atoms with Crippen LogP contribution < -0.4 is 5.73 Å². The summed E-state index contributed by atoms with van der Waals surface area (Å²) in [4.78, 5) is 0. The second kappa shape index (κ2) is 4.19. The van der Waals surface area contributed by atoms with E-state index >= 15 is 0 Å². The molecule has 1 aromatic heterocycles. The highest BCUT2D eigenvalue weighted by atomic mass is 35.5. The fraction of sp³-hybridized carbons (Fsp3) is 0.300. The van der Waals surface area contributed by atoms with Gasteiger partial charge in [0.25, 0.3) is 0 Å². The van der Waals surface area contributed by atoms with Crippen molar-refractivity contribution < 1.29 is 0 Å². The van der Waals surface area contributed by atoms with E-state index in [-0.39, 0.29) is 6.04 Å². The standard InChI is InChI=1S/C10H12ClN5/c1-6-4-3-5-8(11)9(6)16-10(7(2)12)13-14-15-16/h3-5,7H,12H2,1-2H3. The van der Waals surface area contributed by atoms with Gasteiger partial charge < -0.3 is 5.73 Å². The van der Waals surface area contributed by atoms with Gasteiger partial charge in [-0.3, -0.25) is 0 Å². The van der Waals surface area contributed by atoms with Gasteiger partial charge in [0.2, 0.25) is 0 Å². The molecule has 0 saturated carbocycles. The van der Waals surface area contributed by atoms with Crippen LogP contribution in [0.4, 0.5) is 0 Å². The van der Waals surface area contributed by atoms with E-state index in [0.717, 1.165) is 11.3 Å². The van der Waals surface area contributed by atoms with E-state index in [4.69, 9.17) is 17.3 Å². The van der Waals surface area contributed by atoms with Crippen LogP contribution in [0, 0.1) is 6.92 Å². The average molecular weight is 238 g/mol. The van der Waals surface area contributed by atoms with Gasteiger partial charge in [0, 0.05) is 0 Å². The minimum atomic E-state index is -0.245. The zero-order valence-electron chi connectivity index (χ0n) is 9.05. The number of nitrogens with two attached hydrogens (primary N) is 1. The van der Waals surface area contributed by atoms with Crippen LogP contribution in [0.5, 0.6) is 0 Å². The number of hydrogen-bond donors (Lipinski definition) is 1. The van der Waals surface area contributed by atoms with Crippen molar-refractivity contribution in [1.29, 1.82) is 0 Å². The molecule has 0 bridgehead atoms. The van der Waals surface area contributed by atoms with E-state index in [2.05, 4.69) is 15.5 Å². The monoisotopic (exact) mass is 237 g/mol. The molecule has 0 fully saturated rings. The lowest BCUT2D eigenvalue weighted by molar-refractivity contribution is 0.686. The molecular formula is C10H12ClN5. The molecule has 2 aromatic rings. The van der Waals surface area contributed by atoms with Gasteiger partial charge in [-0.05, 0) is 35.9 Å². The molecule has 1 heterocycles. The van der Waals surface area contributed by atoms with Gasteiger partial charge in [0.05, 0.1) is 16.8 Å². The van der Waals surface area contributed by atoms with Crippen molar-refractivity contribution >= 4 is 11.6 Å². The molecule has 1 unspecified atom stereocenters. The fourth-order valence-corrected chi connectivity index (χ4v) is 1.83. The normalized spacial score (nSPS) is 12.8. The minimum absolute atomic E-state index is 0.245. The smallest absolute Gasteiger partial charge is 0.173 e. The summed E-state index contributed by atoms with van der Waals surface area (Å²) in [5.74, 6) is 0.594. The highest BCUT2D eigenvalue weighted by Gasteiger charge is 2.15. The molecule has 0 aliphatic rings. The Morgan fingerprint density at radius 1 is 1.44 bits per heavy atom. The zero-order valence-corrected chi connectivity index (χ0v) is 9.81. The van der Waals surface area contributed by atoms with Crippen LogP contribution in [0.15, 0.2) is 18.2 Å². The van der Waals surface area contributed by atoms with Crippen molar-refractivity contribution in [1.82, 2.24) is 20.2 Å². The number of benzene rings is 1. The van der Waals surface area contributed by atoms with E-state index < -0.39 is 0 Å². The average Bonchev–Trinajstić information content (AvgIpc) is 2.66. The number of rotatable bonds is 2. The summed E-state index contributed by atoms with van der Waals surface area (Å²) < 4.78 is 1.59. The van der Waals surface area contributed by atoms with Crippen LogP contribution in [0.1, 0.15) is 24.4 Å². The largest absolute Gasteiger partial charge is 0.321 e. The van der Waals surface area contributed by atoms with Crippen LogP contribution in [-0.4, -0.2) is 20.2 Å². The highest BCUT2D eigenvalue weighted by Crippen LogP contribution is 2.24. The molecule has 2 rings (SSSR count). The summed E-state index contributed by atoms with van der Waals surface area (Å²) >= 11 is 6.14. The van der Waals surface area contributed by atoms with Crippen molar-refractivity contribution in [2.45, 2.75) is 19.9 Å². The molecule has 0 spiro atoms. The lowest BCUT2D eigenvalue weighted by Crippen LogP contribution is -2.14. The van der Waals surface area contributed by atoms with Gasteiger partial charge in [-0.1, -0.05) is 23.7 Å². The molecule has 5 nitrogen and oxygen atoms in total. The molecule has 16 heavy (non-hydrogen) atoms. The van der Waals surface area contributed by atoms with Crippen molar-refractivity contribution in [2.75, 3.05) is 0 Å². The molecule has 0 radical (unpaired) electrons.